The maximum absolute atomic E-state index is 5.76. The van der Waals surface area contributed by atoms with E-state index in [2.05, 4.69) is 39.1 Å². The molecule has 0 amide bonds. The predicted octanol–water partition coefficient (Wildman–Crippen LogP) is 3.72. The van der Waals surface area contributed by atoms with Gasteiger partial charge in [0, 0.05) is 17.9 Å². The monoisotopic (exact) mass is 316 g/mol. The summed E-state index contributed by atoms with van der Waals surface area (Å²) in [6.45, 7) is 0.772. The predicted molar refractivity (Wildman–Crippen MR) is 76.3 cm³/mol. The van der Waals surface area contributed by atoms with Crippen LogP contribution in [0.25, 0.3) is 11.3 Å². The van der Waals surface area contributed by atoms with Gasteiger partial charge in [0.25, 0.3) is 0 Å². The van der Waals surface area contributed by atoms with E-state index in [0.717, 1.165) is 40.5 Å². The fourth-order valence-corrected chi connectivity index (χ4v) is 2.91. The van der Waals surface area contributed by atoms with Gasteiger partial charge in [0.15, 0.2) is 0 Å². The van der Waals surface area contributed by atoms with Crippen LogP contribution < -0.4 is 4.74 Å². The quantitative estimate of drug-likeness (QED) is 0.792. The van der Waals surface area contributed by atoms with E-state index < -0.39 is 0 Å². The highest BCUT2D eigenvalue weighted by molar-refractivity contribution is 9.10. The van der Waals surface area contributed by atoms with Crippen molar-refractivity contribution in [3.8, 4) is 17.0 Å². The molecule has 19 heavy (non-hydrogen) atoms. The fraction of sp³-hybridized carbons (Fsp3) is 0.333. The van der Waals surface area contributed by atoms with Crippen molar-refractivity contribution >= 4 is 15.9 Å². The van der Waals surface area contributed by atoms with Gasteiger partial charge < -0.3 is 4.74 Å². The van der Waals surface area contributed by atoms with Gasteiger partial charge in [-0.15, -0.1) is 0 Å². The largest absolute Gasteiger partial charge is 0.492 e. The summed E-state index contributed by atoms with van der Waals surface area (Å²) in [5, 5.41) is 0. The van der Waals surface area contributed by atoms with Crippen molar-refractivity contribution in [1.29, 1.82) is 0 Å². The number of para-hydroxylation sites is 1. The number of hydrogen-bond donors (Lipinski definition) is 0. The number of nitrogens with zero attached hydrogens (tertiary/aromatic N) is 2. The number of ether oxygens (including phenoxy) is 1. The van der Waals surface area contributed by atoms with Crippen LogP contribution in [-0.4, -0.2) is 16.6 Å². The van der Waals surface area contributed by atoms with E-state index in [1.807, 2.05) is 6.07 Å². The maximum Gasteiger partial charge on any atom is 0.133 e. The first kappa shape index (κ1) is 11.4. The number of aromatic nitrogens is 2. The third-order valence-electron chi connectivity index (χ3n) is 3.65. The van der Waals surface area contributed by atoms with Crippen molar-refractivity contribution < 1.29 is 4.74 Å². The Morgan fingerprint density at radius 2 is 2.11 bits per heavy atom. The van der Waals surface area contributed by atoms with Gasteiger partial charge in [-0.05, 0) is 46.5 Å². The molecule has 1 aliphatic heterocycles. The lowest BCUT2D eigenvalue weighted by atomic mass is 10.1. The molecule has 2 aromatic rings. The lowest BCUT2D eigenvalue weighted by molar-refractivity contribution is 0.358. The number of rotatable bonds is 2. The molecule has 4 heteroatoms. The second-order valence-corrected chi connectivity index (χ2v) is 5.91. The molecular weight excluding hydrogens is 304 g/mol. The summed E-state index contributed by atoms with van der Waals surface area (Å²) in [6.07, 6.45) is 3.41. The summed E-state index contributed by atoms with van der Waals surface area (Å²) in [4.78, 5) is 9.20. The first-order chi connectivity index (χ1) is 9.31. The fourth-order valence-electron chi connectivity index (χ4n) is 2.51. The van der Waals surface area contributed by atoms with Crippen LogP contribution in [0.1, 0.15) is 30.1 Å². The van der Waals surface area contributed by atoms with Crippen LogP contribution >= 0.6 is 15.9 Å². The van der Waals surface area contributed by atoms with E-state index in [1.165, 1.54) is 18.4 Å². The summed E-state index contributed by atoms with van der Waals surface area (Å²) < 4.78 is 6.62. The molecule has 0 bridgehead atoms. The SMILES string of the molecule is Brc1cc(-c2cccc3c2OCC3)nc(C2CC2)n1. The first-order valence-electron chi connectivity index (χ1n) is 6.61. The highest BCUT2D eigenvalue weighted by Gasteiger charge is 2.28. The topological polar surface area (TPSA) is 35.0 Å². The molecule has 0 spiro atoms. The summed E-state index contributed by atoms with van der Waals surface area (Å²) in [6, 6.07) is 8.26. The van der Waals surface area contributed by atoms with Crippen molar-refractivity contribution in [2.75, 3.05) is 6.61 Å². The molecule has 0 unspecified atom stereocenters. The number of hydrogen-bond acceptors (Lipinski definition) is 3. The van der Waals surface area contributed by atoms with Crippen molar-refractivity contribution in [2.24, 2.45) is 0 Å². The van der Waals surface area contributed by atoms with Gasteiger partial charge in [0.05, 0.1) is 12.3 Å². The van der Waals surface area contributed by atoms with Crippen LogP contribution in [-0.2, 0) is 6.42 Å². The molecule has 1 fully saturated rings. The van der Waals surface area contributed by atoms with Crippen LogP contribution in [0.5, 0.6) is 5.75 Å². The van der Waals surface area contributed by atoms with Gasteiger partial charge in [-0.2, -0.15) is 0 Å². The minimum Gasteiger partial charge on any atom is -0.492 e. The van der Waals surface area contributed by atoms with Crippen molar-refractivity contribution in [2.45, 2.75) is 25.2 Å². The smallest absolute Gasteiger partial charge is 0.133 e. The average Bonchev–Trinajstić information content (AvgIpc) is 3.15. The van der Waals surface area contributed by atoms with Gasteiger partial charge in [0.1, 0.15) is 16.2 Å². The third kappa shape index (κ3) is 2.04. The normalized spacial score (nSPS) is 17.1. The molecule has 1 aromatic heterocycles. The minimum absolute atomic E-state index is 0.550. The van der Waals surface area contributed by atoms with E-state index in [-0.39, 0.29) is 0 Å². The Balaban J connectivity index is 1.86. The minimum atomic E-state index is 0.550. The molecule has 4 rings (SSSR count). The summed E-state index contributed by atoms with van der Waals surface area (Å²) in [5.41, 5.74) is 3.32. The molecule has 2 heterocycles. The molecule has 1 aromatic carbocycles. The molecule has 2 aliphatic rings. The Labute approximate surface area is 120 Å². The maximum atomic E-state index is 5.76. The summed E-state index contributed by atoms with van der Waals surface area (Å²) in [5.74, 6) is 2.50. The van der Waals surface area contributed by atoms with Crippen LogP contribution in [0, 0.1) is 0 Å². The second kappa shape index (κ2) is 4.30. The zero-order valence-corrected chi connectivity index (χ0v) is 12.0. The van der Waals surface area contributed by atoms with Gasteiger partial charge >= 0.3 is 0 Å². The van der Waals surface area contributed by atoms with Crippen molar-refractivity contribution in [1.82, 2.24) is 9.97 Å². The zero-order valence-electron chi connectivity index (χ0n) is 10.4. The number of fused-ring (bicyclic) bond motifs is 1. The highest BCUT2D eigenvalue weighted by Crippen LogP contribution is 2.41. The summed E-state index contributed by atoms with van der Waals surface area (Å²) in [7, 11) is 0. The lowest BCUT2D eigenvalue weighted by Gasteiger charge is -2.09. The van der Waals surface area contributed by atoms with E-state index in [4.69, 9.17) is 9.72 Å². The van der Waals surface area contributed by atoms with E-state index in [9.17, 15) is 0 Å². The Morgan fingerprint density at radius 3 is 2.95 bits per heavy atom. The summed E-state index contributed by atoms with van der Waals surface area (Å²) >= 11 is 3.50. The van der Waals surface area contributed by atoms with Crippen LogP contribution in [0.2, 0.25) is 0 Å². The average molecular weight is 317 g/mol. The van der Waals surface area contributed by atoms with Crippen molar-refractivity contribution in [3.63, 3.8) is 0 Å². The molecule has 1 aliphatic carbocycles. The van der Waals surface area contributed by atoms with E-state index >= 15 is 0 Å². The molecule has 3 nitrogen and oxygen atoms in total. The molecular formula is C15H13BrN2O. The van der Waals surface area contributed by atoms with Gasteiger partial charge in [-0.25, -0.2) is 9.97 Å². The molecule has 0 N–H and O–H groups in total. The van der Waals surface area contributed by atoms with Gasteiger partial charge in [0.2, 0.25) is 0 Å². The van der Waals surface area contributed by atoms with Crippen LogP contribution in [0.3, 0.4) is 0 Å². The molecule has 96 valence electrons. The Bertz CT molecular complexity index is 653. The second-order valence-electron chi connectivity index (χ2n) is 5.10. The highest BCUT2D eigenvalue weighted by atomic mass is 79.9. The zero-order chi connectivity index (χ0) is 12.8. The number of benzene rings is 1. The Hall–Kier alpha value is -1.42. The van der Waals surface area contributed by atoms with Crippen molar-refractivity contribution in [3.05, 3.63) is 40.3 Å². The Morgan fingerprint density at radius 1 is 1.21 bits per heavy atom. The van der Waals surface area contributed by atoms with Gasteiger partial charge in [-0.1, -0.05) is 12.1 Å². The third-order valence-corrected chi connectivity index (χ3v) is 4.05. The van der Waals surface area contributed by atoms with Gasteiger partial charge in [-0.3, -0.25) is 0 Å². The van der Waals surface area contributed by atoms with E-state index in [0.29, 0.717) is 5.92 Å². The number of halogens is 1. The van der Waals surface area contributed by atoms with Crippen LogP contribution in [0.4, 0.5) is 0 Å². The first-order valence-corrected chi connectivity index (χ1v) is 7.40. The standard InChI is InChI=1S/C15H13BrN2O/c16-13-8-12(17-15(18-13)10-4-5-10)11-3-1-2-9-6-7-19-14(9)11/h1-3,8,10H,4-7H2. The molecule has 0 radical (unpaired) electrons. The molecule has 0 saturated heterocycles. The van der Waals surface area contributed by atoms with E-state index in [1.54, 1.807) is 0 Å². The molecule has 0 atom stereocenters. The molecule has 1 saturated carbocycles. The Kier molecular flexibility index (Phi) is 2.58. The lowest BCUT2D eigenvalue weighted by Crippen LogP contribution is -1.97. The van der Waals surface area contributed by atoms with Crippen LogP contribution in [0.15, 0.2) is 28.9 Å².